The molecule has 0 aromatic heterocycles. The van der Waals surface area contributed by atoms with Crippen molar-refractivity contribution in [2.75, 3.05) is 20.2 Å². The molecule has 0 aromatic rings. The Balaban J connectivity index is 3.60. The van der Waals surface area contributed by atoms with E-state index in [1.807, 2.05) is 0 Å². The maximum Gasteiger partial charge on any atom is 0.307 e. The Labute approximate surface area is 93.7 Å². The van der Waals surface area contributed by atoms with Crippen molar-refractivity contribution >= 4 is 17.8 Å². The van der Waals surface area contributed by atoms with Gasteiger partial charge in [0.05, 0.1) is 26.1 Å². The van der Waals surface area contributed by atoms with Gasteiger partial charge in [-0.15, -0.1) is 0 Å². The smallest absolute Gasteiger partial charge is 0.307 e. The molecule has 0 saturated carbocycles. The van der Waals surface area contributed by atoms with Gasteiger partial charge in [-0.05, 0) is 6.92 Å². The summed E-state index contributed by atoms with van der Waals surface area (Å²) < 4.78 is 4.39. The van der Waals surface area contributed by atoms with E-state index in [1.54, 1.807) is 0 Å². The fourth-order valence-corrected chi connectivity index (χ4v) is 0.797. The van der Waals surface area contributed by atoms with E-state index in [0.717, 1.165) is 0 Å². The second kappa shape index (κ2) is 7.63. The lowest BCUT2D eigenvalue weighted by Crippen LogP contribution is -2.43. The van der Waals surface area contributed by atoms with Gasteiger partial charge in [0.1, 0.15) is 0 Å². The number of carbonyl (C=O) groups is 3. The second-order valence-corrected chi connectivity index (χ2v) is 3.18. The second-order valence-electron chi connectivity index (χ2n) is 3.18. The van der Waals surface area contributed by atoms with Crippen molar-refractivity contribution < 1.29 is 19.1 Å². The van der Waals surface area contributed by atoms with Crippen LogP contribution in [0.1, 0.15) is 13.3 Å². The van der Waals surface area contributed by atoms with Crippen molar-refractivity contribution in [3.05, 3.63) is 0 Å². The lowest BCUT2D eigenvalue weighted by molar-refractivity contribution is -0.140. The molecule has 0 aliphatic heterocycles. The number of nitrogens with two attached hydrogens (primary N) is 1. The van der Waals surface area contributed by atoms with E-state index in [-0.39, 0.29) is 25.4 Å². The van der Waals surface area contributed by atoms with Crippen LogP contribution in [0.3, 0.4) is 0 Å². The average molecular weight is 231 g/mol. The van der Waals surface area contributed by atoms with Gasteiger partial charge >= 0.3 is 5.97 Å². The largest absolute Gasteiger partial charge is 0.469 e. The van der Waals surface area contributed by atoms with E-state index >= 15 is 0 Å². The molecule has 0 heterocycles. The Morgan fingerprint density at radius 3 is 2.44 bits per heavy atom. The van der Waals surface area contributed by atoms with Gasteiger partial charge in [0.25, 0.3) is 0 Å². The van der Waals surface area contributed by atoms with Crippen molar-refractivity contribution in [2.45, 2.75) is 19.4 Å². The summed E-state index contributed by atoms with van der Waals surface area (Å²) >= 11 is 0. The molecule has 0 aliphatic carbocycles. The number of nitrogens with one attached hydrogen (secondary N) is 2. The highest BCUT2D eigenvalue weighted by Crippen LogP contribution is 1.81. The third kappa shape index (κ3) is 6.77. The summed E-state index contributed by atoms with van der Waals surface area (Å²) in [5, 5.41) is 4.79. The summed E-state index contributed by atoms with van der Waals surface area (Å²) in [5.74, 6) is -1.18. The highest BCUT2D eigenvalue weighted by molar-refractivity contribution is 5.87. The zero-order chi connectivity index (χ0) is 12.6. The van der Waals surface area contributed by atoms with E-state index in [2.05, 4.69) is 15.4 Å². The van der Waals surface area contributed by atoms with Crippen LogP contribution >= 0.6 is 0 Å². The van der Waals surface area contributed by atoms with E-state index < -0.39 is 17.9 Å². The van der Waals surface area contributed by atoms with E-state index in [4.69, 9.17) is 5.73 Å². The van der Waals surface area contributed by atoms with Crippen LogP contribution in [0.25, 0.3) is 0 Å². The molecule has 7 heteroatoms. The minimum Gasteiger partial charge on any atom is -0.469 e. The van der Waals surface area contributed by atoms with Crippen LogP contribution in [0.4, 0.5) is 0 Å². The molecule has 0 aromatic carbocycles. The van der Waals surface area contributed by atoms with Crippen molar-refractivity contribution in [1.82, 2.24) is 10.6 Å². The SMILES string of the molecule is COC(=O)CCNC(=O)CNC(=O)C(C)N. The molecular formula is C9H17N3O4. The molecule has 2 amide bonds. The highest BCUT2D eigenvalue weighted by atomic mass is 16.5. The van der Waals surface area contributed by atoms with Crippen LogP contribution in [-0.4, -0.2) is 44.0 Å². The van der Waals surface area contributed by atoms with Crippen LogP contribution in [0.5, 0.6) is 0 Å². The molecular weight excluding hydrogens is 214 g/mol. The summed E-state index contributed by atoms with van der Waals surface area (Å²) in [6, 6.07) is -0.650. The first-order chi connectivity index (χ1) is 7.47. The van der Waals surface area contributed by atoms with E-state index in [0.29, 0.717) is 0 Å². The van der Waals surface area contributed by atoms with Crippen LogP contribution in [-0.2, 0) is 19.1 Å². The molecule has 1 atom stereocenters. The maximum atomic E-state index is 11.1. The van der Waals surface area contributed by atoms with Gasteiger partial charge in [0, 0.05) is 6.54 Å². The predicted molar refractivity (Wildman–Crippen MR) is 56.3 cm³/mol. The minimum absolute atomic E-state index is 0.101. The molecule has 0 aliphatic rings. The van der Waals surface area contributed by atoms with Crippen LogP contribution in [0, 0.1) is 0 Å². The molecule has 0 bridgehead atoms. The molecule has 92 valence electrons. The van der Waals surface area contributed by atoms with Gasteiger partial charge in [-0.1, -0.05) is 0 Å². The first-order valence-electron chi connectivity index (χ1n) is 4.84. The number of rotatable bonds is 6. The van der Waals surface area contributed by atoms with Gasteiger partial charge < -0.3 is 21.1 Å². The Hall–Kier alpha value is -1.63. The van der Waals surface area contributed by atoms with Gasteiger partial charge in [-0.3, -0.25) is 14.4 Å². The summed E-state index contributed by atoms with van der Waals surface area (Å²) in [6.45, 7) is 1.55. The first-order valence-corrected chi connectivity index (χ1v) is 4.84. The number of amides is 2. The number of esters is 1. The highest BCUT2D eigenvalue weighted by Gasteiger charge is 2.09. The Bertz CT molecular complexity index is 265. The normalized spacial score (nSPS) is 11.4. The molecule has 0 spiro atoms. The zero-order valence-corrected chi connectivity index (χ0v) is 9.41. The van der Waals surface area contributed by atoms with Crippen molar-refractivity contribution in [2.24, 2.45) is 5.73 Å². The standard InChI is InChI=1S/C9H17N3O4/c1-6(10)9(15)12-5-7(13)11-4-3-8(14)16-2/h6H,3-5,10H2,1-2H3,(H,11,13)(H,12,15). The predicted octanol–water partition coefficient (Wildman–Crippen LogP) is -1.87. The molecule has 0 radical (unpaired) electrons. The van der Waals surface area contributed by atoms with Gasteiger partial charge in [-0.2, -0.15) is 0 Å². The third-order valence-corrected chi connectivity index (χ3v) is 1.72. The zero-order valence-electron chi connectivity index (χ0n) is 9.41. The van der Waals surface area contributed by atoms with Crippen molar-refractivity contribution in [3.63, 3.8) is 0 Å². The number of ether oxygens (including phenoxy) is 1. The lowest BCUT2D eigenvalue weighted by Gasteiger charge is -2.07. The quantitative estimate of drug-likeness (QED) is 0.464. The summed E-state index contributed by atoms with van der Waals surface area (Å²) in [7, 11) is 1.27. The monoisotopic (exact) mass is 231 g/mol. The fraction of sp³-hybridized carbons (Fsp3) is 0.667. The van der Waals surface area contributed by atoms with Crippen LogP contribution in [0.15, 0.2) is 0 Å². The molecule has 0 rings (SSSR count). The molecule has 1 unspecified atom stereocenters. The minimum atomic E-state index is -0.650. The number of hydrogen-bond acceptors (Lipinski definition) is 5. The molecule has 7 nitrogen and oxygen atoms in total. The van der Waals surface area contributed by atoms with Crippen LogP contribution in [0.2, 0.25) is 0 Å². The summed E-state index contributed by atoms with van der Waals surface area (Å²) in [5.41, 5.74) is 5.28. The lowest BCUT2D eigenvalue weighted by atomic mass is 10.3. The Morgan fingerprint density at radius 2 is 1.94 bits per heavy atom. The van der Waals surface area contributed by atoms with E-state index in [1.165, 1.54) is 14.0 Å². The average Bonchev–Trinajstić information content (AvgIpc) is 2.25. The summed E-state index contributed by atoms with van der Waals surface area (Å²) in [4.78, 5) is 32.8. The van der Waals surface area contributed by atoms with Crippen LogP contribution < -0.4 is 16.4 Å². The number of methoxy groups -OCH3 is 1. The molecule has 0 saturated heterocycles. The molecule has 4 N–H and O–H groups in total. The number of hydrogen-bond donors (Lipinski definition) is 3. The van der Waals surface area contributed by atoms with Gasteiger partial charge in [0.15, 0.2) is 0 Å². The Kier molecular flexibility index (Phi) is 6.86. The fourth-order valence-electron chi connectivity index (χ4n) is 0.797. The van der Waals surface area contributed by atoms with Gasteiger partial charge in [0.2, 0.25) is 11.8 Å². The third-order valence-electron chi connectivity index (χ3n) is 1.72. The van der Waals surface area contributed by atoms with Crippen molar-refractivity contribution in [1.29, 1.82) is 0 Å². The van der Waals surface area contributed by atoms with Gasteiger partial charge in [-0.25, -0.2) is 0 Å². The summed E-state index contributed by atoms with van der Waals surface area (Å²) in [6.07, 6.45) is 0.101. The molecule has 0 fully saturated rings. The number of carbonyl (C=O) groups excluding carboxylic acids is 3. The van der Waals surface area contributed by atoms with Crippen molar-refractivity contribution in [3.8, 4) is 0 Å². The topological polar surface area (TPSA) is 111 Å². The maximum absolute atomic E-state index is 11.1. The van der Waals surface area contributed by atoms with E-state index in [9.17, 15) is 14.4 Å². The first kappa shape index (κ1) is 14.4. The molecule has 16 heavy (non-hydrogen) atoms. The Morgan fingerprint density at radius 1 is 1.31 bits per heavy atom.